The maximum absolute atomic E-state index is 3.62. The molecule has 0 fully saturated rings. The van der Waals surface area contributed by atoms with E-state index in [-0.39, 0.29) is 0 Å². The van der Waals surface area contributed by atoms with Crippen LogP contribution < -0.4 is 0 Å². The normalized spacial score (nSPS) is 11.4. The number of fused-ring (bicyclic) bond motifs is 3. The molecule has 92 valence electrons. The number of nitrogens with zero attached hydrogens (tertiary/aromatic N) is 1. The molecule has 0 unspecified atom stereocenters. The van der Waals surface area contributed by atoms with E-state index in [1.165, 1.54) is 29.7 Å². The van der Waals surface area contributed by atoms with E-state index in [0.717, 1.165) is 0 Å². The Kier molecular flexibility index (Phi) is 2.66. The Labute approximate surface area is 125 Å². The number of hydrogen-bond donors (Lipinski definition) is 0. The van der Waals surface area contributed by atoms with Crippen LogP contribution in [-0.2, 0) is 0 Å². The molecule has 0 saturated heterocycles. The number of rotatable bonds is 1. The molecule has 0 aliphatic rings. The number of aromatic nitrogens is 1. The van der Waals surface area contributed by atoms with Crippen LogP contribution in [0.1, 0.15) is 0 Å². The first-order chi connectivity index (χ1) is 9.34. The van der Waals surface area contributed by atoms with Crippen LogP contribution in [0.15, 0.2) is 64.0 Å². The van der Waals surface area contributed by atoms with Gasteiger partial charge in [-0.3, -0.25) is 0 Å². The van der Waals surface area contributed by atoms with Crippen molar-refractivity contribution in [3.63, 3.8) is 0 Å². The molecule has 19 heavy (non-hydrogen) atoms. The van der Waals surface area contributed by atoms with Gasteiger partial charge in [0.25, 0.3) is 0 Å². The Balaban J connectivity index is 2.23. The van der Waals surface area contributed by atoms with Crippen LogP contribution in [0.25, 0.3) is 26.4 Å². The van der Waals surface area contributed by atoms with Crippen LogP contribution >= 0.6 is 15.9 Å². The zero-order valence-electron chi connectivity index (χ0n) is 10.0. The van der Waals surface area contributed by atoms with Crippen molar-refractivity contribution in [3.05, 3.63) is 64.0 Å². The van der Waals surface area contributed by atoms with Gasteiger partial charge in [-0.25, -0.2) is 0 Å². The standard InChI is InChI=1S/C16H10BrNSe/c17-15-9-10-16(19-15)18-13-7-3-1-5-11(13)12-6-2-4-8-14(12)18/h1-10H. The number of para-hydroxylation sites is 2. The fraction of sp³-hybridized carbons (Fsp3) is 0. The summed E-state index contributed by atoms with van der Waals surface area (Å²) in [4.78, 5) is 0. The molecule has 2 heterocycles. The van der Waals surface area contributed by atoms with Gasteiger partial charge < -0.3 is 0 Å². The minimum absolute atomic E-state index is 0.366. The average molecular weight is 375 g/mol. The van der Waals surface area contributed by atoms with Gasteiger partial charge in [0.2, 0.25) is 0 Å². The first kappa shape index (κ1) is 11.5. The van der Waals surface area contributed by atoms with Gasteiger partial charge in [0.1, 0.15) is 0 Å². The van der Waals surface area contributed by atoms with E-state index in [1.807, 2.05) is 0 Å². The quantitative estimate of drug-likeness (QED) is 0.429. The molecule has 0 radical (unpaired) electrons. The van der Waals surface area contributed by atoms with Gasteiger partial charge in [-0.1, -0.05) is 0 Å². The molecule has 4 rings (SSSR count). The topological polar surface area (TPSA) is 4.93 Å². The average Bonchev–Trinajstić information content (AvgIpc) is 3.00. The Morgan fingerprint density at radius 2 is 1.32 bits per heavy atom. The van der Waals surface area contributed by atoms with E-state index < -0.39 is 0 Å². The molecule has 2 aromatic carbocycles. The SMILES string of the molecule is Brc1ccc(-n2c3ccccc3c3ccccc32)[se]1. The maximum atomic E-state index is 3.62. The molecular formula is C16H10BrNSe. The Hall–Kier alpha value is -1.28. The molecule has 0 aliphatic heterocycles. The van der Waals surface area contributed by atoms with Gasteiger partial charge >= 0.3 is 125 Å². The summed E-state index contributed by atoms with van der Waals surface area (Å²) in [7, 11) is 0. The van der Waals surface area contributed by atoms with Gasteiger partial charge in [0, 0.05) is 0 Å². The number of halogens is 1. The number of hydrogen-bond acceptors (Lipinski definition) is 0. The van der Waals surface area contributed by atoms with Gasteiger partial charge in [-0.15, -0.1) is 0 Å². The summed E-state index contributed by atoms with van der Waals surface area (Å²) in [6.07, 6.45) is 0. The van der Waals surface area contributed by atoms with Crippen LogP contribution in [0, 0.1) is 0 Å². The third-order valence-corrected chi connectivity index (χ3v) is 6.27. The summed E-state index contributed by atoms with van der Waals surface area (Å²) in [6, 6.07) is 21.7. The van der Waals surface area contributed by atoms with Crippen LogP contribution in [0.5, 0.6) is 0 Å². The summed E-state index contributed by atoms with van der Waals surface area (Å²) in [5.74, 6) is 0. The summed E-state index contributed by atoms with van der Waals surface area (Å²) < 4.78 is 5.09. The van der Waals surface area contributed by atoms with E-state index in [0.29, 0.717) is 14.5 Å². The van der Waals surface area contributed by atoms with Gasteiger partial charge in [0.15, 0.2) is 0 Å². The predicted molar refractivity (Wildman–Crippen MR) is 85.4 cm³/mol. The van der Waals surface area contributed by atoms with E-state index in [9.17, 15) is 0 Å². The molecule has 2 aromatic heterocycles. The van der Waals surface area contributed by atoms with Crippen molar-refractivity contribution in [1.82, 2.24) is 4.57 Å². The van der Waals surface area contributed by atoms with Crippen LogP contribution in [0.2, 0.25) is 0 Å². The molecule has 1 nitrogen and oxygen atoms in total. The first-order valence-electron chi connectivity index (χ1n) is 6.08. The van der Waals surface area contributed by atoms with Crippen molar-refractivity contribution < 1.29 is 0 Å². The fourth-order valence-corrected chi connectivity index (χ4v) is 5.17. The summed E-state index contributed by atoms with van der Waals surface area (Å²) in [5, 5.41) is 2.66. The second-order valence-corrected chi connectivity index (χ2v) is 8.71. The molecule has 0 spiro atoms. The van der Waals surface area contributed by atoms with E-state index in [4.69, 9.17) is 0 Å². The van der Waals surface area contributed by atoms with Crippen molar-refractivity contribution in [2.45, 2.75) is 0 Å². The molecule has 4 aromatic rings. The van der Waals surface area contributed by atoms with Crippen LogP contribution in [-0.4, -0.2) is 19.1 Å². The molecular weight excluding hydrogens is 365 g/mol. The predicted octanol–water partition coefficient (Wildman–Crippen LogP) is 4.60. The minimum atomic E-state index is 0.366. The second kappa shape index (κ2) is 4.38. The number of benzene rings is 2. The summed E-state index contributed by atoms with van der Waals surface area (Å²) in [6.45, 7) is 0. The molecule has 0 saturated carbocycles. The molecule has 0 aliphatic carbocycles. The summed E-state index contributed by atoms with van der Waals surface area (Å²) >= 11 is 3.98. The van der Waals surface area contributed by atoms with E-state index in [2.05, 4.69) is 81.2 Å². The van der Waals surface area contributed by atoms with Crippen molar-refractivity contribution >= 4 is 52.2 Å². The van der Waals surface area contributed by atoms with E-state index >= 15 is 0 Å². The molecule has 0 N–H and O–H groups in total. The van der Waals surface area contributed by atoms with Gasteiger partial charge in [0.05, 0.1) is 0 Å². The van der Waals surface area contributed by atoms with E-state index in [1.54, 1.807) is 0 Å². The third kappa shape index (κ3) is 1.73. The monoisotopic (exact) mass is 375 g/mol. The molecule has 3 heteroatoms. The van der Waals surface area contributed by atoms with Crippen molar-refractivity contribution in [1.29, 1.82) is 0 Å². The molecule has 0 amide bonds. The van der Waals surface area contributed by atoms with Crippen LogP contribution in [0.3, 0.4) is 0 Å². The van der Waals surface area contributed by atoms with Crippen molar-refractivity contribution in [2.75, 3.05) is 0 Å². The van der Waals surface area contributed by atoms with Gasteiger partial charge in [-0.05, 0) is 0 Å². The zero-order chi connectivity index (χ0) is 12.8. The first-order valence-corrected chi connectivity index (χ1v) is 8.59. The Morgan fingerprint density at radius 1 is 0.737 bits per heavy atom. The van der Waals surface area contributed by atoms with Crippen molar-refractivity contribution in [2.24, 2.45) is 0 Å². The second-order valence-electron chi connectivity index (χ2n) is 4.45. The molecule has 0 bridgehead atoms. The van der Waals surface area contributed by atoms with Crippen LogP contribution in [0.4, 0.5) is 0 Å². The Morgan fingerprint density at radius 3 is 1.84 bits per heavy atom. The summed E-state index contributed by atoms with van der Waals surface area (Å²) in [5.41, 5.74) is 2.60. The zero-order valence-corrected chi connectivity index (χ0v) is 13.3. The molecule has 0 atom stereocenters. The van der Waals surface area contributed by atoms with Crippen molar-refractivity contribution in [3.8, 4) is 4.56 Å². The third-order valence-electron chi connectivity index (χ3n) is 3.36. The fourth-order valence-electron chi connectivity index (χ4n) is 2.58. The Bertz CT molecular complexity index is 835. The van der Waals surface area contributed by atoms with Gasteiger partial charge in [-0.2, -0.15) is 0 Å².